The molecule has 0 fully saturated rings. The minimum Gasteiger partial charge on any atom is -0.464 e. The number of hydrogen-bond donors (Lipinski definition) is 1. The molecule has 102 valence electrons. The fourth-order valence-electron chi connectivity index (χ4n) is 2.40. The SMILES string of the molecule is CNc1cccc(N(C)Cc2coc3ccccc23)c1. The van der Waals surface area contributed by atoms with Crippen LogP contribution in [0.3, 0.4) is 0 Å². The van der Waals surface area contributed by atoms with E-state index in [9.17, 15) is 0 Å². The van der Waals surface area contributed by atoms with Gasteiger partial charge in [0, 0.05) is 43.0 Å². The maximum atomic E-state index is 5.59. The molecule has 3 aromatic rings. The molecular weight excluding hydrogens is 248 g/mol. The van der Waals surface area contributed by atoms with Crippen LogP contribution in [0.25, 0.3) is 11.0 Å². The highest BCUT2D eigenvalue weighted by Crippen LogP contribution is 2.25. The molecule has 1 N–H and O–H groups in total. The second-order valence-electron chi connectivity index (χ2n) is 4.91. The number of rotatable bonds is 4. The molecule has 2 aromatic carbocycles. The van der Waals surface area contributed by atoms with Crippen molar-refractivity contribution in [3.8, 4) is 0 Å². The van der Waals surface area contributed by atoms with Crippen molar-refractivity contribution in [2.24, 2.45) is 0 Å². The molecule has 0 amide bonds. The number of para-hydroxylation sites is 1. The van der Waals surface area contributed by atoms with Gasteiger partial charge >= 0.3 is 0 Å². The lowest BCUT2D eigenvalue weighted by atomic mass is 10.1. The van der Waals surface area contributed by atoms with E-state index in [1.54, 1.807) is 0 Å². The highest BCUT2D eigenvalue weighted by Gasteiger charge is 2.08. The Bertz CT molecular complexity index is 718. The summed E-state index contributed by atoms with van der Waals surface area (Å²) < 4.78 is 5.59. The lowest BCUT2D eigenvalue weighted by Gasteiger charge is -2.19. The van der Waals surface area contributed by atoms with Gasteiger partial charge in [0.2, 0.25) is 0 Å². The van der Waals surface area contributed by atoms with Crippen LogP contribution in [0.2, 0.25) is 0 Å². The molecule has 0 aliphatic rings. The Morgan fingerprint density at radius 2 is 1.95 bits per heavy atom. The minimum absolute atomic E-state index is 0.824. The molecule has 20 heavy (non-hydrogen) atoms. The van der Waals surface area contributed by atoms with E-state index < -0.39 is 0 Å². The van der Waals surface area contributed by atoms with Crippen molar-refractivity contribution >= 4 is 22.3 Å². The summed E-state index contributed by atoms with van der Waals surface area (Å²) in [5.41, 5.74) is 4.45. The molecule has 0 saturated carbocycles. The monoisotopic (exact) mass is 266 g/mol. The van der Waals surface area contributed by atoms with Crippen LogP contribution in [0.15, 0.2) is 59.2 Å². The van der Waals surface area contributed by atoms with Crippen molar-refractivity contribution in [3.05, 3.63) is 60.4 Å². The molecule has 0 aliphatic heterocycles. The predicted octanol–water partition coefficient (Wildman–Crippen LogP) is 4.11. The molecule has 1 heterocycles. The van der Waals surface area contributed by atoms with Gasteiger partial charge < -0.3 is 14.6 Å². The summed E-state index contributed by atoms with van der Waals surface area (Å²) in [5.74, 6) is 0. The summed E-state index contributed by atoms with van der Waals surface area (Å²) in [7, 11) is 4.03. The van der Waals surface area contributed by atoms with Crippen LogP contribution < -0.4 is 10.2 Å². The van der Waals surface area contributed by atoms with Gasteiger partial charge in [0.05, 0.1) is 6.26 Å². The molecule has 3 rings (SSSR count). The van der Waals surface area contributed by atoms with Gasteiger partial charge in [0.1, 0.15) is 5.58 Å². The Balaban J connectivity index is 1.86. The van der Waals surface area contributed by atoms with Crippen molar-refractivity contribution in [3.63, 3.8) is 0 Å². The van der Waals surface area contributed by atoms with Crippen LogP contribution in [0.5, 0.6) is 0 Å². The summed E-state index contributed by atoms with van der Waals surface area (Å²) in [4.78, 5) is 2.22. The molecule has 0 saturated heterocycles. The van der Waals surface area contributed by atoms with Gasteiger partial charge in [-0.25, -0.2) is 0 Å². The Morgan fingerprint density at radius 3 is 2.80 bits per heavy atom. The van der Waals surface area contributed by atoms with Gasteiger partial charge in [-0.2, -0.15) is 0 Å². The van der Waals surface area contributed by atoms with E-state index in [-0.39, 0.29) is 0 Å². The highest BCUT2D eigenvalue weighted by molar-refractivity contribution is 5.81. The van der Waals surface area contributed by atoms with E-state index in [0.29, 0.717) is 0 Å². The second kappa shape index (κ2) is 5.29. The Morgan fingerprint density at radius 1 is 1.10 bits per heavy atom. The first-order chi connectivity index (χ1) is 9.78. The van der Waals surface area contributed by atoms with Crippen LogP contribution in [0, 0.1) is 0 Å². The van der Waals surface area contributed by atoms with Gasteiger partial charge in [-0.1, -0.05) is 24.3 Å². The predicted molar refractivity (Wildman–Crippen MR) is 84.3 cm³/mol. The van der Waals surface area contributed by atoms with Crippen LogP contribution in [0.4, 0.5) is 11.4 Å². The van der Waals surface area contributed by atoms with E-state index in [4.69, 9.17) is 4.42 Å². The average molecular weight is 266 g/mol. The van der Waals surface area contributed by atoms with Crippen molar-refractivity contribution in [2.45, 2.75) is 6.54 Å². The van der Waals surface area contributed by atoms with Crippen LogP contribution >= 0.6 is 0 Å². The van der Waals surface area contributed by atoms with Crippen LogP contribution in [-0.4, -0.2) is 14.1 Å². The molecule has 0 atom stereocenters. The zero-order chi connectivity index (χ0) is 13.9. The number of nitrogens with one attached hydrogen (secondary N) is 1. The quantitative estimate of drug-likeness (QED) is 0.770. The lowest BCUT2D eigenvalue weighted by Crippen LogP contribution is -2.16. The smallest absolute Gasteiger partial charge is 0.134 e. The Kier molecular flexibility index (Phi) is 3.33. The van der Waals surface area contributed by atoms with Gasteiger partial charge in [-0.15, -0.1) is 0 Å². The fraction of sp³-hybridized carbons (Fsp3) is 0.176. The zero-order valence-corrected chi connectivity index (χ0v) is 11.8. The molecule has 0 bridgehead atoms. The Labute approximate surface area is 118 Å². The zero-order valence-electron chi connectivity index (χ0n) is 11.8. The second-order valence-corrected chi connectivity index (χ2v) is 4.91. The highest BCUT2D eigenvalue weighted by atomic mass is 16.3. The fourth-order valence-corrected chi connectivity index (χ4v) is 2.40. The Hall–Kier alpha value is -2.42. The molecule has 1 aromatic heterocycles. The summed E-state index contributed by atoms with van der Waals surface area (Å²) in [5, 5.41) is 4.35. The largest absolute Gasteiger partial charge is 0.464 e. The van der Waals surface area contributed by atoms with E-state index in [0.717, 1.165) is 17.8 Å². The van der Waals surface area contributed by atoms with Gasteiger partial charge in [0.25, 0.3) is 0 Å². The van der Waals surface area contributed by atoms with E-state index >= 15 is 0 Å². The third-order valence-corrected chi connectivity index (χ3v) is 3.54. The first-order valence-electron chi connectivity index (χ1n) is 6.72. The number of furan rings is 1. The molecular formula is C17H18N2O. The van der Waals surface area contributed by atoms with Crippen LogP contribution in [0.1, 0.15) is 5.56 Å². The number of benzene rings is 2. The molecule has 0 spiro atoms. The van der Waals surface area contributed by atoms with Crippen molar-refractivity contribution in [2.75, 3.05) is 24.3 Å². The standard InChI is InChI=1S/C17H18N2O/c1-18-14-6-5-7-15(10-14)19(2)11-13-12-20-17-9-4-3-8-16(13)17/h3-10,12,18H,11H2,1-2H3. The average Bonchev–Trinajstić information content (AvgIpc) is 2.90. The van der Waals surface area contributed by atoms with E-state index in [1.165, 1.54) is 16.6 Å². The number of fused-ring (bicyclic) bond motifs is 1. The first-order valence-corrected chi connectivity index (χ1v) is 6.72. The van der Waals surface area contributed by atoms with Gasteiger partial charge in [-0.05, 0) is 24.3 Å². The number of anilines is 2. The van der Waals surface area contributed by atoms with Crippen molar-refractivity contribution < 1.29 is 4.42 Å². The lowest BCUT2D eigenvalue weighted by molar-refractivity contribution is 0.610. The van der Waals surface area contributed by atoms with Gasteiger partial charge in [-0.3, -0.25) is 0 Å². The van der Waals surface area contributed by atoms with Gasteiger partial charge in [0.15, 0.2) is 0 Å². The molecule has 0 unspecified atom stereocenters. The van der Waals surface area contributed by atoms with Crippen molar-refractivity contribution in [1.82, 2.24) is 0 Å². The first kappa shape index (κ1) is 12.6. The number of nitrogens with zero attached hydrogens (tertiary/aromatic N) is 1. The van der Waals surface area contributed by atoms with Crippen LogP contribution in [-0.2, 0) is 6.54 Å². The summed E-state index contributed by atoms with van der Waals surface area (Å²) in [6.45, 7) is 0.824. The molecule has 0 aliphatic carbocycles. The maximum Gasteiger partial charge on any atom is 0.134 e. The normalized spacial score (nSPS) is 10.7. The molecule has 3 nitrogen and oxygen atoms in total. The summed E-state index contributed by atoms with van der Waals surface area (Å²) >= 11 is 0. The molecule has 0 radical (unpaired) electrons. The minimum atomic E-state index is 0.824. The van der Waals surface area contributed by atoms with Crippen molar-refractivity contribution in [1.29, 1.82) is 0 Å². The third-order valence-electron chi connectivity index (χ3n) is 3.54. The molecule has 3 heteroatoms. The third kappa shape index (κ3) is 2.35. The number of hydrogen-bond acceptors (Lipinski definition) is 3. The van der Waals surface area contributed by atoms with E-state index in [1.807, 2.05) is 31.5 Å². The maximum absolute atomic E-state index is 5.59. The summed E-state index contributed by atoms with van der Waals surface area (Å²) in [6, 6.07) is 16.5. The van der Waals surface area contributed by atoms with E-state index in [2.05, 4.69) is 47.6 Å². The topological polar surface area (TPSA) is 28.4 Å². The summed E-state index contributed by atoms with van der Waals surface area (Å²) in [6.07, 6.45) is 1.85.